The number of amides is 2. The Morgan fingerprint density at radius 2 is 1.68 bits per heavy atom. The predicted octanol–water partition coefficient (Wildman–Crippen LogP) is 0.907. The van der Waals surface area contributed by atoms with Gasteiger partial charge in [-0.05, 0) is 32.6 Å². The van der Waals surface area contributed by atoms with Gasteiger partial charge < -0.3 is 21.3 Å². The van der Waals surface area contributed by atoms with Crippen molar-refractivity contribution < 1.29 is 9.59 Å². The molecule has 0 bridgehead atoms. The van der Waals surface area contributed by atoms with Gasteiger partial charge in [-0.25, -0.2) is 0 Å². The van der Waals surface area contributed by atoms with Crippen LogP contribution in [0.2, 0.25) is 0 Å². The Bertz CT molecular complexity index is 456. The molecule has 0 atom stereocenters. The first-order valence-electron chi connectivity index (χ1n) is 9.78. The summed E-state index contributed by atoms with van der Waals surface area (Å²) in [6.45, 7) is 4.43. The molecule has 0 aromatic heterocycles. The molecule has 2 aliphatic carbocycles. The highest BCUT2D eigenvalue weighted by atomic mass is 16.2. The number of guanidine groups is 1. The average molecular weight is 351 g/mol. The molecule has 25 heavy (non-hydrogen) atoms. The summed E-state index contributed by atoms with van der Waals surface area (Å²) in [4.78, 5) is 28.0. The van der Waals surface area contributed by atoms with Crippen LogP contribution < -0.4 is 21.3 Å². The summed E-state index contributed by atoms with van der Waals surface area (Å²) in [6.07, 6.45) is 8.38. The molecule has 7 heteroatoms. The summed E-state index contributed by atoms with van der Waals surface area (Å²) < 4.78 is 0. The molecule has 0 aliphatic heterocycles. The number of hydrogen-bond donors (Lipinski definition) is 4. The van der Waals surface area contributed by atoms with Gasteiger partial charge in [-0.15, -0.1) is 0 Å². The van der Waals surface area contributed by atoms with Crippen LogP contribution in [0.1, 0.15) is 58.3 Å². The summed E-state index contributed by atoms with van der Waals surface area (Å²) in [5.41, 5.74) is 0. The molecule has 2 aliphatic rings. The molecule has 0 aromatic carbocycles. The summed E-state index contributed by atoms with van der Waals surface area (Å²) in [7, 11) is 0. The van der Waals surface area contributed by atoms with Gasteiger partial charge in [0.1, 0.15) is 0 Å². The van der Waals surface area contributed by atoms with Gasteiger partial charge in [0.15, 0.2) is 5.96 Å². The fraction of sp³-hybridized carbons (Fsp3) is 0.833. The molecule has 4 N–H and O–H groups in total. The van der Waals surface area contributed by atoms with Crippen molar-refractivity contribution in [2.24, 2.45) is 10.9 Å². The first-order chi connectivity index (χ1) is 12.2. The average Bonchev–Trinajstić information content (AvgIpc) is 3.44. The molecule has 2 amide bonds. The maximum absolute atomic E-state index is 12.0. The van der Waals surface area contributed by atoms with E-state index in [1.807, 2.05) is 6.92 Å². The Balaban J connectivity index is 1.60. The molecule has 2 rings (SSSR count). The lowest BCUT2D eigenvalue weighted by molar-refractivity contribution is -0.122. The molecular formula is C18H33N5O2. The van der Waals surface area contributed by atoms with Crippen molar-refractivity contribution in [3.05, 3.63) is 0 Å². The van der Waals surface area contributed by atoms with E-state index in [1.165, 1.54) is 19.3 Å². The van der Waals surface area contributed by atoms with E-state index in [2.05, 4.69) is 26.3 Å². The van der Waals surface area contributed by atoms with Gasteiger partial charge in [-0.3, -0.25) is 14.6 Å². The van der Waals surface area contributed by atoms with Crippen LogP contribution >= 0.6 is 0 Å². The summed E-state index contributed by atoms with van der Waals surface area (Å²) in [5, 5.41) is 12.4. The Morgan fingerprint density at radius 3 is 2.36 bits per heavy atom. The quantitative estimate of drug-likeness (QED) is 0.282. The number of hydrogen-bond acceptors (Lipinski definition) is 3. The van der Waals surface area contributed by atoms with Crippen molar-refractivity contribution in [2.45, 2.75) is 64.3 Å². The van der Waals surface area contributed by atoms with Gasteiger partial charge in [0, 0.05) is 38.0 Å². The van der Waals surface area contributed by atoms with Crippen molar-refractivity contribution in [2.75, 3.05) is 26.2 Å². The second-order valence-electron chi connectivity index (χ2n) is 6.91. The fourth-order valence-electron chi connectivity index (χ4n) is 3.01. The molecule has 7 nitrogen and oxygen atoms in total. The third-order valence-electron chi connectivity index (χ3n) is 4.59. The topological polar surface area (TPSA) is 94.6 Å². The smallest absolute Gasteiger partial charge is 0.223 e. The molecule has 0 aromatic rings. The van der Waals surface area contributed by atoms with Crippen LogP contribution in [0.15, 0.2) is 4.99 Å². The first kappa shape index (κ1) is 19.5. The Hall–Kier alpha value is -1.79. The van der Waals surface area contributed by atoms with Gasteiger partial charge in [0.25, 0.3) is 0 Å². The standard InChI is InChI=1S/C18H33N5O2/c1-2-19-18(22-13-12-20-17(25)14-8-9-14)21-11-10-16(24)23-15-6-4-3-5-7-15/h14-15H,2-13H2,1H3,(H,20,25)(H,23,24)(H2,19,21,22). The minimum absolute atomic E-state index is 0.0863. The number of rotatable bonds is 9. The minimum Gasteiger partial charge on any atom is -0.357 e. The third-order valence-corrected chi connectivity index (χ3v) is 4.59. The van der Waals surface area contributed by atoms with E-state index in [-0.39, 0.29) is 17.7 Å². The van der Waals surface area contributed by atoms with E-state index < -0.39 is 0 Å². The number of nitrogens with zero attached hydrogens (tertiary/aromatic N) is 1. The number of aliphatic imine (C=N–C) groups is 1. The zero-order chi connectivity index (χ0) is 17.9. The van der Waals surface area contributed by atoms with Crippen LogP contribution in [0.25, 0.3) is 0 Å². The van der Waals surface area contributed by atoms with Crippen molar-refractivity contribution in [1.82, 2.24) is 21.3 Å². The maximum atomic E-state index is 12.0. The first-order valence-corrected chi connectivity index (χ1v) is 9.78. The summed E-state index contributed by atoms with van der Waals surface area (Å²) >= 11 is 0. The SMILES string of the molecule is CCNC(=NCCC(=O)NC1CCCCC1)NCCNC(=O)C1CC1. The molecule has 0 unspecified atom stereocenters. The van der Waals surface area contributed by atoms with Crippen LogP contribution in [-0.4, -0.2) is 50.0 Å². The molecule has 2 fully saturated rings. The van der Waals surface area contributed by atoms with E-state index >= 15 is 0 Å². The largest absolute Gasteiger partial charge is 0.357 e. The molecule has 0 heterocycles. The highest BCUT2D eigenvalue weighted by molar-refractivity contribution is 5.82. The predicted molar refractivity (Wildman–Crippen MR) is 99.3 cm³/mol. The number of carbonyl (C=O) groups excluding carboxylic acids is 2. The van der Waals surface area contributed by atoms with Crippen molar-refractivity contribution in [1.29, 1.82) is 0 Å². The van der Waals surface area contributed by atoms with Gasteiger partial charge in [0.05, 0.1) is 6.54 Å². The zero-order valence-electron chi connectivity index (χ0n) is 15.4. The molecule has 142 valence electrons. The highest BCUT2D eigenvalue weighted by Gasteiger charge is 2.28. The Labute approximate surface area is 150 Å². The van der Waals surface area contributed by atoms with E-state index in [1.54, 1.807) is 0 Å². The second kappa shape index (κ2) is 10.9. The van der Waals surface area contributed by atoms with E-state index in [9.17, 15) is 9.59 Å². The van der Waals surface area contributed by atoms with Crippen LogP contribution in [0, 0.1) is 5.92 Å². The normalized spacial score (nSPS) is 18.5. The monoisotopic (exact) mass is 351 g/mol. The Kier molecular flexibility index (Phi) is 8.55. The fourth-order valence-corrected chi connectivity index (χ4v) is 3.01. The van der Waals surface area contributed by atoms with Crippen molar-refractivity contribution in [3.8, 4) is 0 Å². The highest BCUT2D eigenvalue weighted by Crippen LogP contribution is 2.28. The van der Waals surface area contributed by atoms with E-state index in [4.69, 9.17) is 0 Å². The van der Waals surface area contributed by atoms with E-state index in [0.29, 0.717) is 38.1 Å². The summed E-state index contributed by atoms with van der Waals surface area (Å²) in [5.74, 6) is 1.17. The van der Waals surface area contributed by atoms with E-state index in [0.717, 1.165) is 32.2 Å². The van der Waals surface area contributed by atoms with Gasteiger partial charge >= 0.3 is 0 Å². The van der Waals surface area contributed by atoms with Crippen molar-refractivity contribution in [3.63, 3.8) is 0 Å². The lowest BCUT2D eigenvalue weighted by Crippen LogP contribution is -2.42. The van der Waals surface area contributed by atoms with Crippen LogP contribution in [0.4, 0.5) is 0 Å². The van der Waals surface area contributed by atoms with Gasteiger partial charge in [0.2, 0.25) is 11.8 Å². The molecule has 2 saturated carbocycles. The third kappa shape index (κ3) is 8.23. The van der Waals surface area contributed by atoms with Gasteiger partial charge in [-0.2, -0.15) is 0 Å². The van der Waals surface area contributed by atoms with Crippen LogP contribution in [0.3, 0.4) is 0 Å². The molecule has 0 saturated heterocycles. The summed E-state index contributed by atoms with van der Waals surface area (Å²) in [6, 6.07) is 0.353. The Morgan fingerprint density at radius 1 is 0.960 bits per heavy atom. The number of carbonyl (C=O) groups is 2. The van der Waals surface area contributed by atoms with Gasteiger partial charge in [-0.1, -0.05) is 19.3 Å². The molecular weight excluding hydrogens is 318 g/mol. The molecule has 0 spiro atoms. The van der Waals surface area contributed by atoms with Crippen LogP contribution in [-0.2, 0) is 9.59 Å². The second-order valence-corrected chi connectivity index (χ2v) is 6.91. The van der Waals surface area contributed by atoms with Crippen molar-refractivity contribution >= 4 is 17.8 Å². The zero-order valence-corrected chi connectivity index (χ0v) is 15.4. The number of nitrogens with one attached hydrogen (secondary N) is 4. The molecule has 0 radical (unpaired) electrons. The lowest BCUT2D eigenvalue weighted by Gasteiger charge is -2.22. The van der Waals surface area contributed by atoms with Crippen LogP contribution in [0.5, 0.6) is 0 Å². The maximum Gasteiger partial charge on any atom is 0.223 e. The minimum atomic E-state index is 0.0863. The lowest BCUT2D eigenvalue weighted by atomic mass is 9.95.